The Kier molecular flexibility index (Phi) is 3.68. The van der Waals surface area contributed by atoms with Gasteiger partial charge >= 0.3 is 0 Å². The van der Waals surface area contributed by atoms with Crippen LogP contribution in [0.5, 0.6) is 0 Å². The predicted octanol–water partition coefficient (Wildman–Crippen LogP) is 2.47. The summed E-state index contributed by atoms with van der Waals surface area (Å²) in [7, 11) is 2.12. The highest BCUT2D eigenvalue weighted by molar-refractivity contribution is 5.84. The summed E-state index contributed by atoms with van der Waals surface area (Å²) in [6.07, 6.45) is 0.898. The smallest absolute Gasteiger partial charge is 0.149 e. The van der Waals surface area contributed by atoms with Gasteiger partial charge in [-0.25, -0.2) is 9.37 Å². The van der Waals surface area contributed by atoms with Crippen molar-refractivity contribution < 1.29 is 4.39 Å². The molecule has 2 aromatic rings. The third-order valence-electron chi connectivity index (χ3n) is 3.98. The van der Waals surface area contributed by atoms with Gasteiger partial charge in [0, 0.05) is 37.1 Å². The molecule has 0 saturated heterocycles. The molecule has 20 heavy (non-hydrogen) atoms. The number of hydrogen-bond donors (Lipinski definition) is 1. The zero-order valence-electron chi connectivity index (χ0n) is 12.0. The molecule has 1 N–H and O–H groups in total. The molecule has 0 amide bonds. The Morgan fingerprint density at radius 3 is 3.05 bits per heavy atom. The molecule has 0 unspecified atom stereocenters. The number of benzene rings is 1. The van der Waals surface area contributed by atoms with E-state index in [2.05, 4.69) is 29.2 Å². The Morgan fingerprint density at radius 2 is 2.25 bits per heavy atom. The van der Waals surface area contributed by atoms with E-state index in [-0.39, 0.29) is 5.82 Å². The lowest BCUT2D eigenvalue weighted by molar-refractivity contribution is 0.308. The molecule has 0 saturated carbocycles. The first-order chi connectivity index (χ1) is 9.70. The summed E-state index contributed by atoms with van der Waals surface area (Å²) < 4.78 is 14.0. The summed E-state index contributed by atoms with van der Waals surface area (Å²) in [4.78, 5) is 6.89. The normalized spacial score (nSPS) is 15.6. The van der Waals surface area contributed by atoms with Crippen LogP contribution in [0, 0.1) is 5.82 Å². The van der Waals surface area contributed by atoms with Gasteiger partial charge in [0.1, 0.15) is 11.3 Å². The number of pyridine rings is 1. The first-order valence-corrected chi connectivity index (χ1v) is 7.18. The number of para-hydroxylation sites is 1. The number of aromatic nitrogens is 1. The zero-order valence-corrected chi connectivity index (χ0v) is 12.0. The minimum Gasteiger partial charge on any atom is -0.313 e. The SMILES string of the molecule is CCNCc1c2c(nc3c(F)cccc13)CCN(C)C2. The van der Waals surface area contributed by atoms with E-state index in [9.17, 15) is 4.39 Å². The summed E-state index contributed by atoms with van der Waals surface area (Å²) >= 11 is 0. The third-order valence-corrected chi connectivity index (χ3v) is 3.98. The van der Waals surface area contributed by atoms with E-state index in [1.54, 1.807) is 6.07 Å². The summed E-state index contributed by atoms with van der Waals surface area (Å²) in [5, 5.41) is 4.32. The van der Waals surface area contributed by atoms with Crippen molar-refractivity contribution in [3.63, 3.8) is 0 Å². The average molecular weight is 273 g/mol. The topological polar surface area (TPSA) is 28.2 Å². The molecule has 3 nitrogen and oxygen atoms in total. The lowest BCUT2D eigenvalue weighted by atomic mass is 9.96. The highest BCUT2D eigenvalue weighted by Gasteiger charge is 2.21. The van der Waals surface area contributed by atoms with E-state index < -0.39 is 0 Å². The first kappa shape index (κ1) is 13.5. The van der Waals surface area contributed by atoms with Gasteiger partial charge in [0.05, 0.1) is 0 Å². The fraction of sp³-hybridized carbons (Fsp3) is 0.438. The molecule has 3 rings (SSSR count). The highest BCUT2D eigenvalue weighted by atomic mass is 19.1. The summed E-state index contributed by atoms with van der Waals surface area (Å²) in [5.41, 5.74) is 4.06. The van der Waals surface area contributed by atoms with E-state index in [0.717, 1.165) is 43.7 Å². The number of nitrogens with zero attached hydrogens (tertiary/aromatic N) is 2. The quantitative estimate of drug-likeness (QED) is 0.931. The minimum absolute atomic E-state index is 0.220. The van der Waals surface area contributed by atoms with Crippen LogP contribution in [-0.2, 0) is 19.5 Å². The zero-order chi connectivity index (χ0) is 14.1. The Bertz CT molecular complexity index is 639. The van der Waals surface area contributed by atoms with Crippen molar-refractivity contribution in [1.82, 2.24) is 15.2 Å². The van der Waals surface area contributed by atoms with Gasteiger partial charge in [-0.3, -0.25) is 0 Å². The Morgan fingerprint density at radius 1 is 1.40 bits per heavy atom. The maximum absolute atomic E-state index is 14.0. The summed E-state index contributed by atoms with van der Waals surface area (Å²) in [5.74, 6) is -0.220. The van der Waals surface area contributed by atoms with Crippen LogP contribution in [0.2, 0.25) is 0 Å². The van der Waals surface area contributed by atoms with Crippen LogP contribution in [0.4, 0.5) is 4.39 Å². The summed E-state index contributed by atoms with van der Waals surface area (Å²) in [6, 6.07) is 5.24. The van der Waals surface area contributed by atoms with Gasteiger partial charge in [-0.15, -0.1) is 0 Å². The van der Waals surface area contributed by atoms with Crippen molar-refractivity contribution in [1.29, 1.82) is 0 Å². The number of hydrogen-bond acceptors (Lipinski definition) is 3. The fourth-order valence-corrected chi connectivity index (χ4v) is 2.90. The van der Waals surface area contributed by atoms with Gasteiger partial charge in [0.15, 0.2) is 0 Å². The molecule has 0 spiro atoms. The first-order valence-electron chi connectivity index (χ1n) is 7.18. The predicted molar refractivity (Wildman–Crippen MR) is 79.1 cm³/mol. The number of fused-ring (bicyclic) bond motifs is 2. The van der Waals surface area contributed by atoms with Gasteiger partial charge in [0.25, 0.3) is 0 Å². The summed E-state index contributed by atoms with van der Waals surface area (Å²) in [6.45, 7) is 5.65. The number of likely N-dealkylation sites (N-methyl/N-ethyl adjacent to an activating group) is 1. The minimum atomic E-state index is -0.220. The van der Waals surface area contributed by atoms with E-state index in [0.29, 0.717) is 5.52 Å². The molecule has 0 fully saturated rings. The molecule has 0 atom stereocenters. The number of rotatable bonds is 3. The van der Waals surface area contributed by atoms with Gasteiger partial charge < -0.3 is 10.2 Å². The molecule has 1 aliphatic heterocycles. The van der Waals surface area contributed by atoms with E-state index >= 15 is 0 Å². The molecule has 4 heteroatoms. The van der Waals surface area contributed by atoms with Crippen molar-refractivity contribution in [2.75, 3.05) is 20.1 Å². The lowest BCUT2D eigenvalue weighted by Crippen LogP contribution is -2.29. The second kappa shape index (κ2) is 5.46. The van der Waals surface area contributed by atoms with Crippen LogP contribution in [0.3, 0.4) is 0 Å². The molecule has 106 valence electrons. The van der Waals surface area contributed by atoms with E-state index in [1.165, 1.54) is 17.2 Å². The number of halogens is 1. The monoisotopic (exact) mass is 273 g/mol. The van der Waals surface area contributed by atoms with Crippen molar-refractivity contribution in [2.24, 2.45) is 0 Å². The van der Waals surface area contributed by atoms with Crippen LogP contribution in [0.1, 0.15) is 23.7 Å². The molecule has 1 aromatic heterocycles. The van der Waals surface area contributed by atoms with Crippen LogP contribution < -0.4 is 5.32 Å². The van der Waals surface area contributed by atoms with E-state index in [4.69, 9.17) is 0 Å². The number of nitrogens with one attached hydrogen (secondary N) is 1. The van der Waals surface area contributed by atoms with Crippen molar-refractivity contribution in [2.45, 2.75) is 26.4 Å². The molecule has 2 heterocycles. The van der Waals surface area contributed by atoms with Gasteiger partial charge in [0.2, 0.25) is 0 Å². The van der Waals surface area contributed by atoms with Crippen LogP contribution in [0.15, 0.2) is 18.2 Å². The molecule has 1 aliphatic rings. The standard InChI is InChI=1S/C16H20FN3/c1-3-18-9-12-11-5-4-6-14(17)16(11)19-15-7-8-20(2)10-13(12)15/h4-6,18H,3,7-10H2,1-2H3. The molecule has 1 aromatic carbocycles. The van der Waals surface area contributed by atoms with Crippen LogP contribution in [-0.4, -0.2) is 30.0 Å². The Balaban J connectivity index is 2.22. The van der Waals surface area contributed by atoms with Gasteiger partial charge in [-0.2, -0.15) is 0 Å². The van der Waals surface area contributed by atoms with Crippen molar-refractivity contribution >= 4 is 10.9 Å². The molecule has 0 aliphatic carbocycles. The average Bonchev–Trinajstić information content (AvgIpc) is 2.45. The Hall–Kier alpha value is -1.52. The second-order valence-electron chi connectivity index (χ2n) is 5.42. The second-order valence-corrected chi connectivity index (χ2v) is 5.42. The molecule has 0 bridgehead atoms. The van der Waals surface area contributed by atoms with Gasteiger partial charge in [-0.1, -0.05) is 19.1 Å². The molecule has 0 radical (unpaired) electrons. The molecular weight excluding hydrogens is 253 g/mol. The maximum Gasteiger partial charge on any atom is 0.149 e. The lowest BCUT2D eigenvalue weighted by Gasteiger charge is -2.27. The van der Waals surface area contributed by atoms with Crippen LogP contribution in [0.25, 0.3) is 10.9 Å². The largest absolute Gasteiger partial charge is 0.313 e. The van der Waals surface area contributed by atoms with Gasteiger partial charge in [-0.05, 0) is 30.8 Å². The third kappa shape index (κ3) is 2.30. The van der Waals surface area contributed by atoms with Crippen molar-refractivity contribution in [3.05, 3.63) is 40.8 Å². The fourth-order valence-electron chi connectivity index (χ4n) is 2.90. The molecular formula is C16H20FN3. The Labute approximate surface area is 118 Å². The maximum atomic E-state index is 14.0. The highest BCUT2D eigenvalue weighted by Crippen LogP contribution is 2.28. The van der Waals surface area contributed by atoms with Crippen LogP contribution >= 0.6 is 0 Å². The van der Waals surface area contributed by atoms with Crippen molar-refractivity contribution in [3.8, 4) is 0 Å². The van der Waals surface area contributed by atoms with E-state index in [1.807, 2.05) is 6.07 Å².